The average molecular weight is 250 g/mol. The number of nitrogens with zero attached hydrogens (tertiary/aromatic N) is 1. The van der Waals surface area contributed by atoms with Crippen molar-refractivity contribution in [2.45, 2.75) is 6.42 Å². The van der Waals surface area contributed by atoms with E-state index < -0.39 is 0 Å². The summed E-state index contributed by atoms with van der Waals surface area (Å²) in [5.41, 5.74) is 9.87. The normalized spacial score (nSPS) is 10.5. The van der Waals surface area contributed by atoms with E-state index in [9.17, 15) is 0 Å². The maximum atomic E-state index is 5.52. The Morgan fingerprint density at radius 2 is 1.58 bits per heavy atom. The molecule has 0 aliphatic rings. The Hall–Kier alpha value is -2.55. The topological polar surface area (TPSA) is 52.0 Å². The van der Waals surface area contributed by atoms with Crippen molar-refractivity contribution in [3.8, 4) is 11.3 Å². The lowest BCUT2D eigenvalue weighted by Crippen LogP contribution is -1.87. The molecule has 0 spiro atoms. The van der Waals surface area contributed by atoms with Gasteiger partial charge in [0.2, 0.25) is 5.88 Å². The van der Waals surface area contributed by atoms with E-state index in [2.05, 4.69) is 41.6 Å². The Morgan fingerprint density at radius 3 is 2.21 bits per heavy atom. The SMILES string of the molecule is Nc1cc(-c2ccc(Cc3ccccc3)cc2)no1. The zero-order valence-electron chi connectivity index (χ0n) is 10.4. The van der Waals surface area contributed by atoms with Crippen LogP contribution in [0.25, 0.3) is 11.3 Å². The molecule has 0 aliphatic heterocycles. The number of rotatable bonds is 3. The smallest absolute Gasteiger partial charge is 0.222 e. The molecule has 1 heterocycles. The van der Waals surface area contributed by atoms with Crippen LogP contribution in [-0.4, -0.2) is 5.16 Å². The molecule has 0 fully saturated rings. The lowest BCUT2D eigenvalue weighted by Gasteiger charge is -2.02. The predicted molar refractivity (Wildman–Crippen MR) is 75.6 cm³/mol. The number of nitrogens with two attached hydrogens (primary N) is 1. The molecule has 0 unspecified atom stereocenters. The Labute approximate surface area is 111 Å². The van der Waals surface area contributed by atoms with E-state index in [1.165, 1.54) is 11.1 Å². The molecular formula is C16H14N2O. The third kappa shape index (κ3) is 2.65. The molecule has 19 heavy (non-hydrogen) atoms. The van der Waals surface area contributed by atoms with Crippen LogP contribution in [0, 0.1) is 0 Å². The summed E-state index contributed by atoms with van der Waals surface area (Å²) in [5.74, 6) is 0.336. The predicted octanol–water partition coefficient (Wildman–Crippen LogP) is 3.51. The number of anilines is 1. The Balaban J connectivity index is 1.79. The molecule has 0 saturated carbocycles. The van der Waals surface area contributed by atoms with Gasteiger partial charge in [-0.1, -0.05) is 59.8 Å². The molecular weight excluding hydrogens is 236 g/mol. The van der Waals surface area contributed by atoms with Crippen molar-refractivity contribution >= 4 is 5.88 Å². The fourth-order valence-electron chi connectivity index (χ4n) is 2.05. The molecule has 3 nitrogen and oxygen atoms in total. The summed E-state index contributed by atoms with van der Waals surface area (Å²) in [6, 6.07) is 20.4. The van der Waals surface area contributed by atoms with E-state index >= 15 is 0 Å². The maximum Gasteiger partial charge on any atom is 0.222 e. The van der Waals surface area contributed by atoms with Gasteiger partial charge in [0, 0.05) is 11.6 Å². The lowest BCUT2D eigenvalue weighted by atomic mass is 10.0. The quantitative estimate of drug-likeness (QED) is 0.773. The van der Waals surface area contributed by atoms with Crippen LogP contribution in [-0.2, 0) is 6.42 Å². The van der Waals surface area contributed by atoms with Crippen LogP contribution in [0.2, 0.25) is 0 Å². The minimum Gasteiger partial charge on any atom is -0.368 e. The molecule has 0 radical (unpaired) electrons. The van der Waals surface area contributed by atoms with Gasteiger partial charge >= 0.3 is 0 Å². The van der Waals surface area contributed by atoms with E-state index in [1.807, 2.05) is 18.2 Å². The van der Waals surface area contributed by atoms with E-state index in [4.69, 9.17) is 10.3 Å². The molecule has 3 heteroatoms. The van der Waals surface area contributed by atoms with Crippen LogP contribution in [0.3, 0.4) is 0 Å². The summed E-state index contributed by atoms with van der Waals surface area (Å²) < 4.78 is 4.87. The zero-order valence-corrected chi connectivity index (χ0v) is 10.4. The highest BCUT2D eigenvalue weighted by atomic mass is 16.5. The molecule has 0 saturated heterocycles. The first kappa shape index (κ1) is 11.5. The van der Waals surface area contributed by atoms with E-state index in [0.29, 0.717) is 5.88 Å². The summed E-state index contributed by atoms with van der Waals surface area (Å²) in [7, 11) is 0. The van der Waals surface area contributed by atoms with Crippen molar-refractivity contribution in [3.05, 3.63) is 71.8 Å². The highest BCUT2D eigenvalue weighted by molar-refractivity contribution is 5.61. The molecule has 0 aliphatic carbocycles. The molecule has 94 valence electrons. The summed E-state index contributed by atoms with van der Waals surface area (Å²) in [5, 5.41) is 3.90. The van der Waals surface area contributed by atoms with Crippen molar-refractivity contribution < 1.29 is 4.52 Å². The van der Waals surface area contributed by atoms with Crippen LogP contribution in [0.4, 0.5) is 5.88 Å². The number of nitrogen functional groups attached to an aromatic ring is 1. The van der Waals surface area contributed by atoms with Crippen LogP contribution >= 0.6 is 0 Å². The number of hydrogen-bond acceptors (Lipinski definition) is 3. The zero-order chi connectivity index (χ0) is 13.1. The molecule has 2 aromatic carbocycles. The second kappa shape index (κ2) is 4.98. The molecule has 0 bridgehead atoms. The monoisotopic (exact) mass is 250 g/mol. The van der Waals surface area contributed by atoms with Gasteiger partial charge in [-0.3, -0.25) is 0 Å². The van der Waals surface area contributed by atoms with E-state index in [1.54, 1.807) is 6.07 Å². The summed E-state index contributed by atoms with van der Waals surface area (Å²) in [6.45, 7) is 0. The van der Waals surface area contributed by atoms with Crippen LogP contribution in [0.15, 0.2) is 65.2 Å². The van der Waals surface area contributed by atoms with Gasteiger partial charge in [-0.05, 0) is 17.5 Å². The van der Waals surface area contributed by atoms with Crippen molar-refractivity contribution in [1.82, 2.24) is 5.16 Å². The van der Waals surface area contributed by atoms with Crippen LogP contribution in [0.5, 0.6) is 0 Å². The largest absolute Gasteiger partial charge is 0.368 e. The number of benzene rings is 2. The minimum absolute atomic E-state index is 0.336. The van der Waals surface area contributed by atoms with E-state index in [-0.39, 0.29) is 0 Å². The van der Waals surface area contributed by atoms with Gasteiger partial charge in [-0.25, -0.2) is 0 Å². The lowest BCUT2D eigenvalue weighted by molar-refractivity contribution is 0.439. The van der Waals surface area contributed by atoms with Gasteiger partial charge in [0.25, 0.3) is 0 Å². The molecule has 1 aromatic heterocycles. The van der Waals surface area contributed by atoms with Gasteiger partial charge in [-0.2, -0.15) is 0 Å². The van der Waals surface area contributed by atoms with Crippen molar-refractivity contribution in [2.75, 3.05) is 5.73 Å². The molecule has 2 N–H and O–H groups in total. The molecule has 3 aromatic rings. The third-order valence-corrected chi connectivity index (χ3v) is 3.03. The molecule has 0 atom stereocenters. The van der Waals surface area contributed by atoms with Gasteiger partial charge < -0.3 is 10.3 Å². The van der Waals surface area contributed by atoms with E-state index in [0.717, 1.165) is 17.7 Å². The summed E-state index contributed by atoms with van der Waals surface area (Å²) >= 11 is 0. The highest BCUT2D eigenvalue weighted by Gasteiger charge is 2.04. The Morgan fingerprint density at radius 1 is 0.895 bits per heavy atom. The number of aromatic nitrogens is 1. The van der Waals surface area contributed by atoms with Crippen molar-refractivity contribution in [1.29, 1.82) is 0 Å². The molecule has 0 amide bonds. The first-order chi connectivity index (χ1) is 9.31. The van der Waals surface area contributed by atoms with Gasteiger partial charge in [0.1, 0.15) is 5.69 Å². The second-order valence-electron chi connectivity index (χ2n) is 4.47. The first-order valence-electron chi connectivity index (χ1n) is 6.17. The van der Waals surface area contributed by atoms with Crippen molar-refractivity contribution in [2.24, 2.45) is 0 Å². The van der Waals surface area contributed by atoms with Crippen LogP contribution < -0.4 is 5.73 Å². The molecule has 3 rings (SSSR count). The second-order valence-corrected chi connectivity index (χ2v) is 4.47. The summed E-state index contributed by atoms with van der Waals surface area (Å²) in [6.07, 6.45) is 0.933. The maximum absolute atomic E-state index is 5.52. The van der Waals surface area contributed by atoms with Crippen LogP contribution in [0.1, 0.15) is 11.1 Å². The van der Waals surface area contributed by atoms with Crippen molar-refractivity contribution in [3.63, 3.8) is 0 Å². The van der Waals surface area contributed by atoms with Gasteiger partial charge in [-0.15, -0.1) is 0 Å². The fourth-order valence-corrected chi connectivity index (χ4v) is 2.05. The minimum atomic E-state index is 0.336. The Bertz CT molecular complexity index is 657. The Kier molecular flexibility index (Phi) is 3.02. The third-order valence-electron chi connectivity index (χ3n) is 3.03. The van der Waals surface area contributed by atoms with Gasteiger partial charge in [0.05, 0.1) is 0 Å². The highest BCUT2D eigenvalue weighted by Crippen LogP contribution is 2.21. The van der Waals surface area contributed by atoms with Gasteiger partial charge in [0.15, 0.2) is 0 Å². The number of hydrogen-bond donors (Lipinski definition) is 1. The standard InChI is InChI=1S/C16H14N2O/c17-16-11-15(18-19-16)14-8-6-13(7-9-14)10-12-4-2-1-3-5-12/h1-9,11H,10,17H2. The first-order valence-corrected chi connectivity index (χ1v) is 6.17. The summed E-state index contributed by atoms with van der Waals surface area (Å²) in [4.78, 5) is 0. The average Bonchev–Trinajstić information content (AvgIpc) is 2.87. The fraction of sp³-hybridized carbons (Fsp3) is 0.0625.